The molecular formula is C18H19ClFNO3. The first-order valence-electron chi connectivity index (χ1n) is 7.48. The number of hydrogen-bond acceptors (Lipinski definition) is 3. The highest BCUT2D eigenvalue weighted by atomic mass is 35.5. The van der Waals surface area contributed by atoms with Crippen LogP contribution in [0.25, 0.3) is 0 Å². The lowest BCUT2D eigenvalue weighted by Crippen LogP contribution is -2.12. The van der Waals surface area contributed by atoms with Crippen LogP contribution in [0.2, 0.25) is 5.02 Å². The van der Waals surface area contributed by atoms with E-state index in [0.717, 1.165) is 6.07 Å². The van der Waals surface area contributed by atoms with Crippen LogP contribution in [0.3, 0.4) is 0 Å². The van der Waals surface area contributed by atoms with Gasteiger partial charge in [-0.3, -0.25) is 4.79 Å². The van der Waals surface area contributed by atoms with Crippen LogP contribution in [-0.2, 0) is 0 Å². The van der Waals surface area contributed by atoms with Crippen LogP contribution in [0.4, 0.5) is 10.1 Å². The molecule has 24 heavy (non-hydrogen) atoms. The molecule has 0 heterocycles. The molecule has 0 bridgehead atoms. The van der Waals surface area contributed by atoms with Crippen LogP contribution < -0.4 is 14.8 Å². The number of ether oxygens (including phenoxy) is 2. The number of benzene rings is 2. The van der Waals surface area contributed by atoms with Gasteiger partial charge in [-0.15, -0.1) is 0 Å². The van der Waals surface area contributed by atoms with Gasteiger partial charge in [0, 0.05) is 11.3 Å². The number of rotatable bonds is 6. The van der Waals surface area contributed by atoms with Crippen molar-refractivity contribution >= 4 is 23.2 Å². The minimum absolute atomic E-state index is 0.0845. The zero-order valence-corrected chi connectivity index (χ0v) is 14.5. The van der Waals surface area contributed by atoms with Crippen molar-refractivity contribution in [3.8, 4) is 11.5 Å². The predicted molar refractivity (Wildman–Crippen MR) is 92.7 cm³/mol. The number of amides is 1. The molecule has 0 saturated carbocycles. The Hall–Kier alpha value is -2.27. The zero-order valence-electron chi connectivity index (χ0n) is 13.7. The van der Waals surface area contributed by atoms with Crippen LogP contribution in [-0.4, -0.2) is 19.6 Å². The van der Waals surface area contributed by atoms with Gasteiger partial charge in [-0.05, 0) is 42.3 Å². The summed E-state index contributed by atoms with van der Waals surface area (Å²) in [5.41, 5.74) is 0.683. The third kappa shape index (κ3) is 4.61. The summed E-state index contributed by atoms with van der Waals surface area (Å²) in [5.74, 6) is -0.0189. The lowest BCUT2D eigenvalue weighted by atomic mass is 10.2. The van der Waals surface area contributed by atoms with Gasteiger partial charge in [0.2, 0.25) is 0 Å². The van der Waals surface area contributed by atoms with Gasteiger partial charge in [0.25, 0.3) is 5.91 Å². The second-order valence-corrected chi connectivity index (χ2v) is 6.06. The Balaban J connectivity index is 2.09. The third-order valence-electron chi connectivity index (χ3n) is 3.18. The number of carbonyl (C=O) groups excluding carboxylic acids is 1. The zero-order chi connectivity index (χ0) is 17.7. The van der Waals surface area contributed by atoms with Gasteiger partial charge in [-0.2, -0.15) is 0 Å². The average Bonchev–Trinajstić information content (AvgIpc) is 2.53. The molecule has 0 radical (unpaired) electrons. The van der Waals surface area contributed by atoms with Crippen LogP contribution >= 0.6 is 11.6 Å². The largest absolute Gasteiger partial charge is 0.494 e. The summed E-state index contributed by atoms with van der Waals surface area (Å²) in [6.45, 7) is 4.63. The molecule has 0 aliphatic rings. The quantitative estimate of drug-likeness (QED) is 0.815. The Morgan fingerprint density at radius 1 is 1.21 bits per heavy atom. The Bertz CT molecular complexity index is 734. The molecule has 2 rings (SSSR count). The molecule has 0 aliphatic carbocycles. The number of carbonyl (C=O) groups is 1. The van der Waals surface area contributed by atoms with E-state index in [1.807, 2.05) is 13.8 Å². The minimum Gasteiger partial charge on any atom is -0.494 e. The molecule has 1 N–H and O–H groups in total. The maximum Gasteiger partial charge on any atom is 0.255 e. The Morgan fingerprint density at radius 3 is 2.50 bits per heavy atom. The van der Waals surface area contributed by atoms with E-state index in [1.54, 1.807) is 18.2 Å². The van der Waals surface area contributed by atoms with Gasteiger partial charge < -0.3 is 14.8 Å². The van der Waals surface area contributed by atoms with E-state index < -0.39 is 11.7 Å². The Labute approximate surface area is 145 Å². The summed E-state index contributed by atoms with van der Waals surface area (Å²) in [6.07, 6.45) is 0. The molecule has 2 aromatic carbocycles. The average molecular weight is 352 g/mol. The topological polar surface area (TPSA) is 47.6 Å². The number of hydrogen-bond donors (Lipinski definition) is 1. The fourth-order valence-corrected chi connectivity index (χ4v) is 2.20. The second kappa shape index (κ2) is 8.02. The van der Waals surface area contributed by atoms with Crippen molar-refractivity contribution in [1.82, 2.24) is 0 Å². The Kier molecular flexibility index (Phi) is 6.04. The van der Waals surface area contributed by atoms with Crippen molar-refractivity contribution in [2.45, 2.75) is 13.8 Å². The van der Waals surface area contributed by atoms with Gasteiger partial charge in [0.05, 0.1) is 18.7 Å². The molecule has 0 fully saturated rings. The molecule has 128 valence electrons. The van der Waals surface area contributed by atoms with Crippen molar-refractivity contribution < 1.29 is 18.7 Å². The summed E-state index contributed by atoms with van der Waals surface area (Å²) in [7, 11) is 1.36. The minimum atomic E-state index is -0.597. The van der Waals surface area contributed by atoms with Crippen molar-refractivity contribution in [1.29, 1.82) is 0 Å². The summed E-state index contributed by atoms with van der Waals surface area (Å²) in [5, 5.41) is 3.07. The molecule has 4 nitrogen and oxygen atoms in total. The Morgan fingerprint density at radius 2 is 1.92 bits per heavy atom. The maximum atomic E-state index is 13.7. The molecule has 0 aromatic heterocycles. The molecule has 0 aliphatic heterocycles. The molecule has 6 heteroatoms. The number of anilines is 1. The maximum absolute atomic E-state index is 13.7. The highest BCUT2D eigenvalue weighted by Crippen LogP contribution is 2.28. The van der Waals surface area contributed by atoms with Gasteiger partial charge in [-0.1, -0.05) is 25.4 Å². The molecule has 0 spiro atoms. The molecule has 0 unspecified atom stereocenters. The van der Waals surface area contributed by atoms with Crippen molar-refractivity contribution in [2.75, 3.05) is 19.0 Å². The highest BCUT2D eigenvalue weighted by molar-refractivity contribution is 6.32. The van der Waals surface area contributed by atoms with Gasteiger partial charge >= 0.3 is 0 Å². The SMILES string of the molecule is COc1ccc(C(=O)Nc2ccc(OCC(C)C)c(Cl)c2)cc1F. The first kappa shape index (κ1) is 18.1. The molecular weight excluding hydrogens is 333 g/mol. The normalized spacial score (nSPS) is 10.6. The van der Waals surface area contributed by atoms with Crippen molar-refractivity contribution in [3.63, 3.8) is 0 Å². The summed E-state index contributed by atoms with van der Waals surface area (Å²) >= 11 is 6.15. The van der Waals surface area contributed by atoms with Crippen molar-refractivity contribution in [2.24, 2.45) is 5.92 Å². The van der Waals surface area contributed by atoms with Crippen LogP contribution in [0.5, 0.6) is 11.5 Å². The van der Waals surface area contributed by atoms with E-state index in [0.29, 0.717) is 29.0 Å². The van der Waals surface area contributed by atoms with Crippen LogP contribution in [0.1, 0.15) is 24.2 Å². The van der Waals surface area contributed by atoms with E-state index >= 15 is 0 Å². The lowest BCUT2D eigenvalue weighted by Gasteiger charge is -2.12. The van der Waals surface area contributed by atoms with Gasteiger partial charge in [0.1, 0.15) is 5.75 Å². The van der Waals surface area contributed by atoms with E-state index in [9.17, 15) is 9.18 Å². The van der Waals surface area contributed by atoms with E-state index in [-0.39, 0.29) is 11.3 Å². The smallest absolute Gasteiger partial charge is 0.255 e. The highest BCUT2D eigenvalue weighted by Gasteiger charge is 2.12. The lowest BCUT2D eigenvalue weighted by molar-refractivity contribution is 0.102. The summed E-state index contributed by atoms with van der Waals surface area (Å²) < 4.78 is 24.1. The van der Waals surface area contributed by atoms with E-state index in [1.165, 1.54) is 19.2 Å². The fraction of sp³-hybridized carbons (Fsp3) is 0.278. The first-order valence-corrected chi connectivity index (χ1v) is 7.85. The van der Waals surface area contributed by atoms with E-state index in [4.69, 9.17) is 21.1 Å². The molecule has 0 atom stereocenters. The molecule has 2 aromatic rings. The second-order valence-electron chi connectivity index (χ2n) is 5.65. The standard InChI is InChI=1S/C18H19ClFNO3/c1-11(2)10-24-16-7-5-13(9-14(16)19)21-18(22)12-4-6-17(23-3)15(20)8-12/h4-9,11H,10H2,1-3H3,(H,21,22). The monoisotopic (exact) mass is 351 g/mol. The molecule has 1 amide bonds. The fourth-order valence-electron chi connectivity index (χ4n) is 1.96. The van der Waals surface area contributed by atoms with Crippen LogP contribution in [0, 0.1) is 11.7 Å². The van der Waals surface area contributed by atoms with Gasteiger partial charge in [-0.25, -0.2) is 4.39 Å². The predicted octanol–water partition coefficient (Wildman–Crippen LogP) is 4.77. The summed E-state index contributed by atoms with van der Waals surface area (Å²) in [4.78, 5) is 12.2. The van der Waals surface area contributed by atoms with Crippen LogP contribution in [0.15, 0.2) is 36.4 Å². The number of methoxy groups -OCH3 is 1. The number of halogens is 2. The van der Waals surface area contributed by atoms with Gasteiger partial charge in [0.15, 0.2) is 11.6 Å². The molecule has 0 saturated heterocycles. The first-order chi connectivity index (χ1) is 11.4. The summed E-state index contributed by atoms with van der Waals surface area (Å²) in [6, 6.07) is 8.97. The number of nitrogens with one attached hydrogen (secondary N) is 1. The van der Waals surface area contributed by atoms with E-state index in [2.05, 4.69) is 5.32 Å². The van der Waals surface area contributed by atoms with Crippen molar-refractivity contribution in [3.05, 3.63) is 52.8 Å². The third-order valence-corrected chi connectivity index (χ3v) is 3.47.